The van der Waals surface area contributed by atoms with E-state index < -0.39 is 23.9 Å². The number of hydrogen-bond donors (Lipinski definition) is 8. The third-order valence-electron chi connectivity index (χ3n) is 27.4. The number of nitrogens with two attached hydrogens (primary N) is 4. The molecule has 4 saturated carbocycles. The van der Waals surface area contributed by atoms with Crippen LogP contribution in [0.25, 0.3) is 89.6 Å². The number of anilines is 4. The smallest absolute Gasteiger partial charge is 0.306 e. The number of benzene rings is 2. The minimum absolute atomic E-state index is 0.0251. The number of halogens is 2. The van der Waals surface area contributed by atoms with Crippen LogP contribution in [0.4, 0.5) is 23.3 Å². The lowest BCUT2D eigenvalue weighted by atomic mass is 9.79. The molecule has 20 rings (SSSR count). The highest BCUT2D eigenvalue weighted by Gasteiger charge is 2.37. The van der Waals surface area contributed by atoms with Crippen LogP contribution in [0.1, 0.15) is 233 Å². The van der Waals surface area contributed by atoms with Gasteiger partial charge in [-0.05, 0) is 233 Å². The topological polar surface area (TPSA) is 503 Å². The summed E-state index contributed by atoms with van der Waals surface area (Å²) in [5.41, 5.74) is 48.1. The number of Topliss-reactive ketones (excluding diaryl/α,β-unsaturated/α-hetero) is 2. The zero-order valence-corrected chi connectivity index (χ0v) is 80.1. The van der Waals surface area contributed by atoms with E-state index in [0.29, 0.717) is 134 Å². The van der Waals surface area contributed by atoms with E-state index in [1.54, 1.807) is 72.8 Å². The molecule has 12 aromatic heterocycles. The molecule has 138 heavy (non-hydrogen) atoms. The van der Waals surface area contributed by atoms with Gasteiger partial charge in [-0.15, -0.1) is 0 Å². The Balaban J connectivity index is 0.000000128. The molecule has 34 nitrogen and oxygen atoms in total. The van der Waals surface area contributed by atoms with Gasteiger partial charge in [0, 0.05) is 129 Å². The molecular formula is C102H104Br2N22O12. The molecule has 14 aromatic rings. The lowest BCUT2D eigenvalue weighted by Gasteiger charge is -2.27. The molecule has 36 heteroatoms. The first-order valence-electron chi connectivity index (χ1n) is 46.3. The summed E-state index contributed by atoms with van der Waals surface area (Å²) in [4.78, 5) is 117. The molecule has 0 radical (unpaired) electrons. The van der Waals surface area contributed by atoms with E-state index in [-0.39, 0.29) is 70.5 Å². The van der Waals surface area contributed by atoms with Crippen molar-refractivity contribution in [3.8, 4) is 78.5 Å². The molecule has 0 spiro atoms. The van der Waals surface area contributed by atoms with Crippen molar-refractivity contribution in [2.75, 3.05) is 37.2 Å². The van der Waals surface area contributed by atoms with Crippen molar-refractivity contribution in [3.63, 3.8) is 0 Å². The van der Waals surface area contributed by atoms with Gasteiger partial charge >= 0.3 is 23.9 Å². The second-order valence-corrected chi connectivity index (χ2v) is 37.1. The van der Waals surface area contributed by atoms with Crippen LogP contribution in [0, 0.1) is 23.7 Å². The maximum absolute atomic E-state index is 12.6. The predicted octanol–water partition coefficient (Wildman–Crippen LogP) is 18.7. The van der Waals surface area contributed by atoms with Gasteiger partial charge in [-0.1, -0.05) is 50.3 Å². The summed E-state index contributed by atoms with van der Waals surface area (Å²) in [5.74, 6) is -1.13. The van der Waals surface area contributed by atoms with Crippen LogP contribution < -0.4 is 32.4 Å². The fraction of sp³-hybridized carbons (Fsp3) is 0.333. The van der Waals surface area contributed by atoms with Crippen molar-refractivity contribution in [2.45, 2.75) is 180 Å². The Hall–Kier alpha value is -14.7. The van der Waals surface area contributed by atoms with Gasteiger partial charge in [0.15, 0.2) is 34.2 Å². The van der Waals surface area contributed by atoms with Crippen molar-refractivity contribution < 1.29 is 58.7 Å². The number of ether oxygens (including phenoxy) is 2. The number of fused-ring (bicyclic) bond motifs is 4. The fourth-order valence-electron chi connectivity index (χ4n) is 19.6. The summed E-state index contributed by atoms with van der Waals surface area (Å²) in [7, 11) is 3.35. The van der Waals surface area contributed by atoms with Gasteiger partial charge in [-0.25, -0.2) is 19.9 Å². The first kappa shape index (κ1) is 95.1. The Morgan fingerprint density at radius 2 is 0.630 bits per heavy atom. The number of nitrogen functional groups attached to an aromatic ring is 4. The second-order valence-electron chi connectivity index (χ2n) is 35.6. The molecule has 6 aliphatic rings. The maximum Gasteiger partial charge on any atom is 0.306 e. The van der Waals surface area contributed by atoms with Gasteiger partial charge in [-0.2, -0.15) is 38.5 Å². The van der Waals surface area contributed by atoms with Crippen LogP contribution >= 0.6 is 31.9 Å². The van der Waals surface area contributed by atoms with E-state index in [1.165, 1.54) is 22.9 Å². The number of hydrogen-bond acceptors (Lipinski definition) is 26. The van der Waals surface area contributed by atoms with Crippen molar-refractivity contribution in [2.24, 2.45) is 33.7 Å². The molecule has 0 saturated heterocycles. The second kappa shape index (κ2) is 41.1. The van der Waals surface area contributed by atoms with Crippen LogP contribution in [-0.2, 0) is 32.0 Å². The standard InChI is InChI=1S/C29H31N5O4.C27H28BrN5O3.C24H24N6O3.C22H21BrN6O2/c1-4-17-13-20(10-12-24(17)38-3)23-11-9-21(14-31-23)22-15-32-34-27(30)25(16(2)35)26(33-28(22)34)18-5-7-19(8-6-18)29(36)37;1-3-15-12-18(9-11-22(15)36-2)21-10-8-19(13-30-21)20-14-31-33-25(29)23(28)24(32-26(20)33)16-4-6-17(7-5-16)27(34)35;1-13(31)20-21(14-4-6-15(7-5-14)24(32)33)29-23-17(12-28-30(23)22(20)25)16-8-9-19(27-11-16)18-3-2-10-26-18;23-18-19(12-3-5-13(6-4-12)22(30)31)28-21-15(11-27-29(21)20(18)24)14-7-8-17(26-10-14)16-2-1-9-25-16/h9-15,18-19H,4-8,30H2,1-3H3,(H,36,37);8-14,16-17H,3-7,29H2,1-2H3,(H,34,35);2,8-12,14-15H,3-7,25H2,1H3,(H,32,33);1,7-13H,2-6,24H2,(H,30,31). The monoisotopic (exact) mass is 1990 g/mol. The molecule has 2 aliphatic heterocycles. The third-order valence-corrected chi connectivity index (χ3v) is 29.0. The molecule has 0 atom stereocenters. The molecule has 4 fully saturated rings. The number of carboxylic acid groups (broad SMARTS) is 4. The number of rotatable bonds is 22. The molecule has 12 N–H and O–H groups in total. The summed E-state index contributed by atoms with van der Waals surface area (Å²) in [6.45, 7) is 7.14. The summed E-state index contributed by atoms with van der Waals surface area (Å²) in [5, 5.41) is 55.1. The Bertz CT molecular complexity index is 7180. The van der Waals surface area contributed by atoms with Crippen LogP contribution in [0.2, 0.25) is 0 Å². The highest BCUT2D eigenvalue weighted by atomic mass is 79.9. The number of aromatic nitrogens is 16. The number of carbonyl (C=O) groups excluding carboxylic acids is 2. The number of aryl methyl sites for hydroxylation is 2. The van der Waals surface area contributed by atoms with Gasteiger partial charge in [-0.3, -0.25) is 58.7 Å². The molecule has 4 aliphatic carbocycles. The highest BCUT2D eigenvalue weighted by molar-refractivity contribution is 9.11. The quantitative estimate of drug-likeness (QED) is 0.0292. The van der Waals surface area contributed by atoms with Gasteiger partial charge < -0.3 is 52.8 Å². The summed E-state index contributed by atoms with van der Waals surface area (Å²) < 4.78 is 18.6. The number of carbonyl (C=O) groups is 6. The zero-order valence-electron chi connectivity index (χ0n) is 76.9. The third kappa shape index (κ3) is 19.3. The zero-order chi connectivity index (χ0) is 97.0. The van der Waals surface area contributed by atoms with E-state index in [9.17, 15) is 49.2 Å². The predicted molar refractivity (Wildman–Crippen MR) is 531 cm³/mol. The Morgan fingerprint density at radius 1 is 0.362 bits per heavy atom. The number of pyridine rings is 4. The first-order valence-corrected chi connectivity index (χ1v) is 47.8. The molecule has 2 aromatic carbocycles. The number of aliphatic carboxylic acids is 4. The van der Waals surface area contributed by atoms with E-state index in [0.717, 1.165) is 184 Å². The van der Waals surface area contributed by atoms with Gasteiger partial charge in [0.05, 0.1) is 140 Å². The molecular weight excluding hydrogens is 1890 g/mol. The van der Waals surface area contributed by atoms with Crippen LogP contribution in [0.15, 0.2) is 178 Å². The van der Waals surface area contributed by atoms with Gasteiger partial charge in [0.2, 0.25) is 0 Å². The number of allylic oxidation sites excluding steroid dienone is 2. The fourth-order valence-corrected chi connectivity index (χ4v) is 20.8. The largest absolute Gasteiger partial charge is 0.496 e. The number of carboxylic acids is 4. The Morgan fingerprint density at radius 3 is 0.877 bits per heavy atom. The first-order chi connectivity index (χ1) is 66.7. The molecule has 708 valence electrons. The Labute approximate surface area is 810 Å². The minimum atomic E-state index is -0.771. The molecule has 0 amide bonds. The van der Waals surface area contributed by atoms with E-state index in [4.69, 9.17) is 62.3 Å². The SMILES string of the molecule is CC(=O)c1c(C2CCC(C(=O)O)CC2)nc2c(-c3ccc(C4=NC=CC4)nc3)cnn2c1N.CCc1cc(-c2ccc(-c3cnn4c(N)c(Br)c(C5CCC(C(=O)O)CC5)nc34)cn2)ccc1OC.CCc1cc(-c2ccc(-c3cnn4c(N)c(C(C)=O)c(C5CCC(C(=O)O)CC5)nc34)cn2)ccc1OC.Nc1c(Br)c(C2CCC(C(=O)O)CC2)nc2c(-c3ccc(C4=NC=CC4)nc3)cnn12. The van der Waals surface area contributed by atoms with E-state index in [2.05, 4.69) is 98.2 Å². The van der Waals surface area contributed by atoms with Crippen molar-refractivity contribution >= 4 is 125 Å². The summed E-state index contributed by atoms with van der Waals surface area (Å²) >= 11 is 7.22. The average molecular weight is 1990 g/mol. The van der Waals surface area contributed by atoms with Crippen LogP contribution in [-0.4, -0.2) is 160 Å². The van der Waals surface area contributed by atoms with Crippen LogP contribution in [0.3, 0.4) is 0 Å². The number of methoxy groups -OCH3 is 2. The Kier molecular flexibility index (Phi) is 28.3. The van der Waals surface area contributed by atoms with Gasteiger partial charge in [0.1, 0.15) is 34.8 Å². The average Bonchev–Trinajstić information content (AvgIpc) is 1.56. The van der Waals surface area contributed by atoms with Crippen molar-refractivity contribution in [1.29, 1.82) is 0 Å². The number of nitrogens with zero attached hydrogens (tertiary/aromatic N) is 18. The lowest BCUT2D eigenvalue weighted by molar-refractivity contribution is -0.143. The van der Waals surface area contributed by atoms with Gasteiger partial charge in [0.25, 0.3) is 0 Å². The molecule has 0 unspecified atom stereocenters. The number of ketones is 2. The normalized spacial score (nSPS) is 19.0. The van der Waals surface area contributed by atoms with E-state index >= 15 is 0 Å². The lowest BCUT2D eigenvalue weighted by Crippen LogP contribution is -2.23. The van der Waals surface area contributed by atoms with Crippen molar-refractivity contribution in [1.82, 2.24) is 78.3 Å². The summed E-state index contributed by atoms with van der Waals surface area (Å²) in [6, 6.07) is 27.9. The molecule has 14 heterocycles. The maximum atomic E-state index is 12.6. The summed E-state index contributed by atoms with van der Waals surface area (Å²) in [6.07, 6.45) is 35.4. The minimum Gasteiger partial charge on any atom is -0.496 e. The highest BCUT2D eigenvalue weighted by Crippen LogP contribution is 2.47. The van der Waals surface area contributed by atoms with E-state index in [1.807, 2.05) is 97.3 Å². The van der Waals surface area contributed by atoms with Crippen LogP contribution in [0.5, 0.6) is 11.5 Å². The number of aliphatic imine (C=N–C) groups is 2. The van der Waals surface area contributed by atoms with Crippen molar-refractivity contribution in [3.05, 3.63) is 224 Å². The molecule has 0 bridgehead atoms.